The van der Waals surface area contributed by atoms with Gasteiger partial charge >= 0.3 is 5.97 Å². The zero-order valence-corrected chi connectivity index (χ0v) is 11.0. The minimum Gasteiger partial charge on any atom is -0.481 e. The van der Waals surface area contributed by atoms with Gasteiger partial charge in [-0.3, -0.25) is 4.79 Å². The zero-order valence-electron chi connectivity index (χ0n) is 11.0. The number of carbonyl (C=O) groups is 1. The highest BCUT2D eigenvalue weighted by atomic mass is 16.5. The van der Waals surface area contributed by atoms with Gasteiger partial charge in [-0.15, -0.1) is 0 Å². The van der Waals surface area contributed by atoms with Crippen LogP contribution in [0, 0.1) is 5.92 Å². The van der Waals surface area contributed by atoms with Crippen LogP contribution in [0.5, 0.6) is 5.88 Å². The summed E-state index contributed by atoms with van der Waals surface area (Å²) < 4.78 is 11.0. The third kappa shape index (κ3) is 3.67. The summed E-state index contributed by atoms with van der Waals surface area (Å²) in [6.07, 6.45) is 4.83. The lowest BCUT2D eigenvalue weighted by Gasteiger charge is -2.26. The number of ether oxygens (including phenoxy) is 2. The van der Waals surface area contributed by atoms with Crippen LogP contribution >= 0.6 is 0 Å². The summed E-state index contributed by atoms with van der Waals surface area (Å²) in [5.41, 5.74) is 0.922. The van der Waals surface area contributed by atoms with Crippen molar-refractivity contribution in [2.24, 2.45) is 5.92 Å². The normalized spacial score (nSPS) is 23.0. The van der Waals surface area contributed by atoms with Crippen molar-refractivity contribution in [3.8, 4) is 5.88 Å². The second-order valence-electron chi connectivity index (χ2n) is 4.79. The molecule has 1 aromatic rings. The van der Waals surface area contributed by atoms with Crippen LogP contribution in [0.1, 0.15) is 31.2 Å². The van der Waals surface area contributed by atoms with Crippen LogP contribution in [0.3, 0.4) is 0 Å². The van der Waals surface area contributed by atoms with E-state index in [0.717, 1.165) is 18.4 Å². The number of aliphatic carboxylic acids is 1. The van der Waals surface area contributed by atoms with Crippen molar-refractivity contribution >= 4 is 5.97 Å². The highest BCUT2D eigenvalue weighted by molar-refractivity contribution is 5.70. The Kier molecular flexibility index (Phi) is 4.74. The molecule has 0 aliphatic heterocycles. The van der Waals surface area contributed by atoms with E-state index < -0.39 is 5.97 Å². The molecule has 0 aromatic carbocycles. The lowest BCUT2D eigenvalue weighted by atomic mass is 9.87. The molecule has 1 heterocycles. The second-order valence-corrected chi connectivity index (χ2v) is 4.79. The summed E-state index contributed by atoms with van der Waals surface area (Å²) in [6.45, 7) is 0.458. The predicted octanol–water partition coefficient (Wildman–Crippen LogP) is 2.25. The molecular weight excluding hydrogens is 246 g/mol. The number of carboxylic acids is 1. The van der Waals surface area contributed by atoms with E-state index in [2.05, 4.69) is 4.98 Å². The second kappa shape index (κ2) is 6.52. The van der Waals surface area contributed by atoms with Gasteiger partial charge in [0.05, 0.1) is 25.7 Å². The summed E-state index contributed by atoms with van der Waals surface area (Å²) >= 11 is 0. The van der Waals surface area contributed by atoms with Gasteiger partial charge in [0, 0.05) is 11.8 Å². The lowest BCUT2D eigenvalue weighted by Crippen LogP contribution is -2.26. The Morgan fingerprint density at radius 3 is 2.79 bits per heavy atom. The molecule has 5 heteroatoms. The molecule has 0 saturated heterocycles. The van der Waals surface area contributed by atoms with Crippen molar-refractivity contribution < 1.29 is 19.4 Å². The molecule has 1 aliphatic carbocycles. The lowest BCUT2D eigenvalue weighted by molar-refractivity contribution is -0.143. The summed E-state index contributed by atoms with van der Waals surface area (Å²) in [5, 5.41) is 8.94. The first kappa shape index (κ1) is 13.8. The van der Waals surface area contributed by atoms with Crippen LogP contribution in [-0.4, -0.2) is 29.3 Å². The van der Waals surface area contributed by atoms with Crippen molar-refractivity contribution in [1.82, 2.24) is 4.98 Å². The quantitative estimate of drug-likeness (QED) is 0.884. The van der Waals surface area contributed by atoms with Crippen LogP contribution in [-0.2, 0) is 16.1 Å². The Morgan fingerprint density at radius 1 is 1.42 bits per heavy atom. The maximum atomic E-state index is 10.9. The minimum absolute atomic E-state index is 0.139. The first-order valence-corrected chi connectivity index (χ1v) is 6.53. The van der Waals surface area contributed by atoms with Crippen molar-refractivity contribution in [3.63, 3.8) is 0 Å². The van der Waals surface area contributed by atoms with E-state index >= 15 is 0 Å². The zero-order chi connectivity index (χ0) is 13.7. The molecule has 5 nitrogen and oxygen atoms in total. The maximum absolute atomic E-state index is 10.9. The monoisotopic (exact) mass is 265 g/mol. The molecule has 1 fully saturated rings. The molecule has 1 aliphatic rings. The highest BCUT2D eigenvalue weighted by Gasteiger charge is 2.26. The Bertz CT molecular complexity index is 427. The van der Waals surface area contributed by atoms with E-state index in [4.69, 9.17) is 14.6 Å². The molecule has 0 atom stereocenters. The average molecular weight is 265 g/mol. The predicted molar refractivity (Wildman–Crippen MR) is 69.0 cm³/mol. The number of carboxylic acid groups (broad SMARTS) is 1. The van der Waals surface area contributed by atoms with Gasteiger partial charge in [0.2, 0.25) is 5.88 Å². The van der Waals surface area contributed by atoms with E-state index in [-0.39, 0.29) is 12.0 Å². The number of aromatic nitrogens is 1. The average Bonchev–Trinajstić information content (AvgIpc) is 2.45. The number of nitrogens with zero attached hydrogens (tertiary/aromatic N) is 1. The Labute approximate surface area is 112 Å². The first-order chi connectivity index (χ1) is 9.20. The van der Waals surface area contributed by atoms with Gasteiger partial charge < -0.3 is 14.6 Å². The fraction of sp³-hybridized carbons (Fsp3) is 0.571. The molecule has 104 valence electrons. The molecule has 0 unspecified atom stereocenters. The maximum Gasteiger partial charge on any atom is 0.306 e. The summed E-state index contributed by atoms with van der Waals surface area (Å²) in [6, 6.07) is 3.78. The van der Waals surface area contributed by atoms with Crippen molar-refractivity contribution in [2.45, 2.75) is 38.4 Å². The van der Waals surface area contributed by atoms with Crippen LogP contribution in [0.2, 0.25) is 0 Å². The fourth-order valence-corrected chi connectivity index (χ4v) is 2.40. The summed E-state index contributed by atoms with van der Waals surface area (Å²) in [4.78, 5) is 15.0. The van der Waals surface area contributed by atoms with Crippen LogP contribution in [0.15, 0.2) is 18.3 Å². The van der Waals surface area contributed by atoms with E-state index in [1.807, 2.05) is 12.1 Å². The SMILES string of the molecule is COc1ncccc1COC1CCC(C(=O)O)CC1. The molecule has 0 bridgehead atoms. The highest BCUT2D eigenvalue weighted by Crippen LogP contribution is 2.27. The molecular formula is C14H19NO4. The molecule has 1 aromatic heterocycles. The molecule has 1 N–H and O–H groups in total. The van der Waals surface area contributed by atoms with Crippen LogP contribution < -0.4 is 4.74 Å². The van der Waals surface area contributed by atoms with Crippen LogP contribution in [0.4, 0.5) is 0 Å². The standard InChI is InChI=1S/C14H19NO4/c1-18-13-11(3-2-8-15-13)9-19-12-6-4-10(5-7-12)14(16)17/h2-3,8,10,12H,4-7,9H2,1H3,(H,16,17). The molecule has 0 radical (unpaired) electrons. The van der Waals surface area contributed by atoms with Gasteiger partial charge in [-0.2, -0.15) is 0 Å². The topological polar surface area (TPSA) is 68.7 Å². The van der Waals surface area contributed by atoms with Gasteiger partial charge in [0.1, 0.15) is 0 Å². The van der Waals surface area contributed by atoms with Gasteiger partial charge in [-0.1, -0.05) is 0 Å². The van der Waals surface area contributed by atoms with Crippen molar-refractivity contribution in [3.05, 3.63) is 23.9 Å². The van der Waals surface area contributed by atoms with Gasteiger partial charge in [-0.05, 0) is 37.8 Å². The minimum atomic E-state index is -0.688. The largest absolute Gasteiger partial charge is 0.481 e. The van der Waals surface area contributed by atoms with Gasteiger partial charge in [0.25, 0.3) is 0 Å². The molecule has 19 heavy (non-hydrogen) atoms. The number of rotatable bonds is 5. The molecule has 2 rings (SSSR count). The Hall–Kier alpha value is -1.62. The first-order valence-electron chi connectivity index (χ1n) is 6.53. The van der Waals surface area contributed by atoms with Crippen molar-refractivity contribution in [2.75, 3.05) is 7.11 Å². The van der Waals surface area contributed by atoms with E-state index in [1.165, 1.54) is 0 Å². The van der Waals surface area contributed by atoms with E-state index in [9.17, 15) is 4.79 Å². The van der Waals surface area contributed by atoms with Crippen LogP contribution in [0.25, 0.3) is 0 Å². The third-order valence-electron chi connectivity index (χ3n) is 3.54. The van der Waals surface area contributed by atoms with E-state index in [1.54, 1.807) is 13.3 Å². The molecule has 0 amide bonds. The van der Waals surface area contributed by atoms with Gasteiger partial charge in [-0.25, -0.2) is 4.98 Å². The van der Waals surface area contributed by atoms with E-state index in [0.29, 0.717) is 25.3 Å². The number of hydrogen-bond acceptors (Lipinski definition) is 4. The number of pyridine rings is 1. The Balaban J connectivity index is 1.82. The summed E-state index contributed by atoms with van der Waals surface area (Å²) in [7, 11) is 1.59. The number of methoxy groups -OCH3 is 1. The molecule has 0 spiro atoms. The molecule has 1 saturated carbocycles. The van der Waals surface area contributed by atoms with Gasteiger partial charge in [0.15, 0.2) is 0 Å². The smallest absolute Gasteiger partial charge is 0.306 e. The third-order valence-corrected chi connectivity index (χ3v) is 3.54. The number of hydrogen-bond donors (Lipinski definition) is 1. The summed E-state index contributed by atoms with van der Waals surface area (Å²) in [5.74, 6) is -0.304. The Morgan fingerprint density at radius 2 is 2.16 bits per heavy atom. The van der Waals surface area contributed by atoms with Crippen molar-refractivity contribution in [1.29, 1.82) is 0 Å². The fourth-order valence-electron chi connectivity index (χ4n) is 2.40.